The Labute approximate surface area is 189 Å². The van der Waals surface area contributed by atoms with Crippen molar-refractivity contribution in [3.05, 3.63) is 59.2 Å². The molecule has 0 radical (unpaired) electrons. The van der Waals surface area contributed by atoms with Crippen molar-refractivity contribution in [2.75, 3.05) is 37.6 Å². The van der Waals surface area contributed by atoms with E-state index >= 15 is 0 Å². The van der Waals surface area contributed by atoms with Gasteiger partial charge in [-0.05, 0) is 56.0 Å². The summed E-state index contributed by atoms with van der Waals surface area (Å²) in [5, 5.41) is 0. The zero-order valence-corrected chi connectivity index (χ0v) is 19.3. The van der Waals surface area contributed by atoms with E-state index in [0.29, 0.717) is 31.0 Å². The maximum atomic E-state index is 13.5. The van der Waals surface area contributed by atoms with Crippen LogP contribution in [0.1, 0.15) is 29.5 Å². The smallest absolute Gasteiger partial charge is 0.285 e. The van der Waals surface area contributed by atoms with Gasteiger partial charge in [-0.25, -0.2) is 0 Å². The highest BCUT2D eigenvalue weighted by molar-refractivity contribution is 7.90. The van der Waals surface area contributed by atoms with Crippen LogP contribution in [0.3, 0.4) is 0 Å². The average molecular weight is 453 g/mol. The Bertz CT molecular complexity index is 1200. The molecule has 0 N–H and O–H groups in total. The number of rotatable bonds is 2. The summed E-state index contributed by atoms with van der Waals surface area (Å²) in [6, 6.07) is 12.9. The number of piperazine rings is 1. The number of carbonyl (C=O) groups excluding carboxylic acids is 1. The SMILES string of the molecule is Cc1cccc(N2CCN(C(=O)[C@@H]3CCCN3C3=NS(=O)(=O)c4ccccc43)CC2)c1C. The third-order valence-electron chi connectivity index (χ3n) is 6.93. The molecule has 3 aliphatic rings. The molecule has 0 bridgehead atoms. The fraction of sp³-hybridized carbons (Fsp3) is 0.417. The van der Waals surface area contributed by atoms with Gasteiger partial charge in [0.15, 0.2) is 5.84 Å². The van der Waals surface area contributed by atoms with Gasteiger partial charge in [0.05, 0.1) is 0 Å². The Morgan fingerprint density at radius 2 is 1.72 bits per heavy atom. The standard InChI is InChI=1S/C24H28N4O3S/c1-17-7-5-9-20(18(17)2)26-13-15-27(16-14-26)24(29)21-10-6-12-28(21)23-19-8-3-4-11-22(19)32(30,31)25-23/h3-5,7-9,11,21H,6,10,12-16H2,1-2H3/t21-/m0/s1. The number of carbonyl (C=O) groups is 1. The van der Waals surface area contributed by atoms with Crippen molar-refractivity contribution < 1.29 is 13.2 Å². The van der Waals surface area contributed by atoms with Gasteiger partial charge in [-0.15, -0.1) is 4.40 Å². The van der Waals surface area contributed by atoms with E-state index < -0.39 is 10.0 Å². The fourth-order valence-electron chi connectivity index (χ4n) is 5.03. The highest BCUT2D eigenvalue weighted by Gasteiger charge is 2.41. The third-order valence-corrected chi connectivity index (χ3v) is 8.26. The van der Waals surface area contributed by atoms with E-state index in [9.17, 15) is 13.2 Å². The maximum Gasteiger partial charge on any atom is 0.285 e. The number of amidine groups is 1. The zero-order chi connectivity index (χ0) is 22.5. The molecule has 7 nitrogen and oxygen atoms in total. The Morgan fingerprint density at radius 3 is 2.50 bits per heavy atom. The Kier molecular flexibility index (Phi) is 5.20. The van der Waals surface area contributed by atoms with Crippen LogP contribution in [-0.4, -0.2) is 68.7 Å². The van der Waals surface area contributed by atoms with Gasteiger partial charge in [0.25, 0.3) is 10.0 Å². The van der Waals surface area contributed by atoms with E-state index in [4.69, 9.17) is 0 Å². The largest absolute Gasteiger partial charge is 0.368 e. The summed E-state index contributed by atoms with van der Waals surface area (Å²) in [5.74, 6) is 0.498. The minimum atomic E-state index is -3.70. The van der Waals surface area contributed by atoms with Crippen molar-refractivity contribution in [3.63, 3.8) is 0 Å². The van der Waals surface area contributed by atoms with E-state index in [0.717, 1.165) is 25.9 Å². The number of aryl methyl sites for hydroxylation is 1. The van der Waals surface area contributed by atoms with Crippen LogP contribution in [0.4, 0.5) is 5.69 Å². The maximum absolute atomic E-state index is 13.5. The summed E-state index contributed by atoms with van der Waals surface area (Å²) in [6.07, 6.45) is 1.57. The second-order valence-electron chi connectivity index (χ2n) is 8.77. The minimum absolute atomic E-state index is 0.0765. The molecule has 0 spiro atoms. The van der Waals surface area contributed by atoms with Gasteiger partial charge in [-0.2, -0.15) is 8.42 Å². The van der Waals surface area contributed by atoms with Crippen LogP contribution < -0.4 is 4.90 Å². The summed E-state index contributed by atoms with van der Waals surface area (Å²) in [7, 11) is -3.70. The first-order chi connectivity index (χ1) is 15.4. The lowest BCUT2D eigenvalue weighted by molar-refractivity contribution is -0.135. The molecule has 0 unspecified atom stereocenters. The summed E-state index contributed by atoms with van der Waals surface area (Å²) in [5.41, 5.74) is 4.40. The van der Waals surface area contributed by atoms with Gasteiger partial charge >= 0.3 is 0 Å². The van der Waals surface area contributed by atoms with Crippen LogP contribution in [0.2, 0.25) is 0 Å². The Hall–Kier alpha value is -2.87. The van der Waals surface area contributed by atoms with E-state index in [1.165, 1.54) is 16.8 Å². The first-order valence-corrected chi connectivity index (χ1v) is 12.6. The summed E-state index contributed by atoms with van der Waals surface area (Å²) in [6.45, 7) is 7.82. The number of anilines is 1. The molecule has 5 rings (SSSR count). The molecule has 1 amide bonds. The predicted molar refractivity (Wildman–Crippen MR) is 125 cm³/mol. The molecule has 0 saturated carbocycles. The van der Waals surface area contributed by atoms with Crippen LogP contribution in [0, 0.1) is 13.8 Å². The van der Waals surface area contributed by atoms with Crippen molar-refractivity contribution in [2.24, 2.45) is 4.40 Å². The van der Waals surface area contributed by atoms with E-state index in [1.807, 2.05) is 15.9 Å². The van der Waals surface area contributed by atoms with E-state index in [1.54, 1.807) is 18.2 Å². The molecule has 32 heavy (non-hydrogen) atoms. The lowest BCUT2D eigenvalue weighted by Gasteiger charge is -2.39. The number of sulfonamides is 1. The molecule has 0 aromatic heterocycles. The fourth-order valence-corrected chi connectivity index (χ4v) is 6.25. The Balaban J connectivity index is 1.32. The van der Waals surface area contributed by atoms with Crippen LogP contribution in [0.15, 0.2) is 51.8 Å². The number of hydrogen-bond acceptors (Lipinski definition) is 5. The summed E-state index contributed by atoms with van der Waals surface area (Å²) >= 11 is 0. The van der Waals surface area contributed by atoms with Crippen molar-refractivity contribution >= 4 is 27.5 Å². The number of likely N-dealkylation sites (tertiary alicyclic amines) is 1. The molecule has 2 aromatic carbocycles. The molecule has 3 aliphatic heterocycles. The molecule has 2 aromatic rings. The molecule has 2 saturated heterocycles. The first-order valence-electron chi connectivity index (χ1n) is 11.2. The van der Waals surface area contributed by atoms with Crippen molar-refractivity contribution in [3.8, 4) is 0 Å². The number of benzene rings is 2. The summed E-state index contributed by atoms with van der Waals surface area (Å²) < 4.78 is 29.1. The van der Waals surface area contributed by atoms with Crippen molar-refractivity contribution in [1.29, 1.82) is 0 Å². The van der Waals surface area contributed by atoms with Gasteiger partial charge < -0.3 is 14.7 Å². The molecule has 2 fully saturated rings. The van der Waals surface area contributed by atoms with Gasteiger partial charge in [0.1, 0.15) is 10.9 Å². The third kappa shape index (κ3) is 3.46. The van der Waals surface area contributed by atoms with Gasteiger partial charge in [0, 0.05) is 44.0 Å². The van der Waals surface area contributed by atoms with Gasteiger partial charge in [-0.3, -0.25) is 4.79 Å². The Morgan fingerprint density at radius 1 is 0.969 bits per heavy atom. The zero-order valence-electron chi connectivity index (χ0n) is 18.5. The minimum Gasteiger partial charge on any atom is -0.368 e. The molecular formula is C24H28N4O3S. The molecule has 3 heterocycles. The first kappa shape index (κ1) is 21.0. The highest BCUT2D eigenvalue weighted by Crippen LogP contribution is 2.32. The average Bonchev–Trinajstić information content (AvgIpc) is 3.38. The lowest BCUT2D eigenvalue weighted by Crippen LogP contribution is -2.54. The van der Waals surface area contributed by atoms with Crippen LogP contribution in [-0.2, 0) is 14.8 Å². The number of fused-ring (bicyclic) bond motifs is 1. The van der Waals surface area contributed by atoms with Crippen LogP contribution in [0.5, 0.6) is 0 Å². The molecule has 168 valence electrons. The van der Waals surface area contributed by atoms with E-state index in [2.05, 4.69) is 41.3 Å². The molecule has 0 aliphatic carbocycles. The van der Waals surface area contributed by atoms with Crippen LogP contribution in [0.25, 0.3) is 0 Å². The predicted octanol–water partition coefficient (Wildman–Crippen LogP) is 2.57. The van der Waals surface area contributed by atoms with Gasteiger partial charge in [0.2, 0.25) is 5.91 Å². The second-order valence-corrected chi connectivity index (χ2v) is 10.3. The second kappa shape index (κ2) is 7.92. The normalized spacial score (nSPS) is 22.1. The van der Waals surface area contributed by atoms with Crippen molar-refractivity contribution in [2.45, 2.75) is 37.6 Å². The van der Waals surface area contributed by atoms with Gasteiger partial charge in [-0.1, -0.05) is 24.3 Å². The number of hydrogen-bond donors (Lipinski definition) is 0. The number of amides is 1. The van der Waals surface area contributed by atoms with E-state index in [-0.39, 0.29) is 16.8 Å². The molecule has 8 heteroatoms. The summed E-state index contributed by atoms with van der Waals surface area (Å²) in [4.78, 5) is 19.9. The topological polar surface area (TPSA) is 73.3 Å². The lowest BCUT2D eigenvalue weighted by atomic mass is 10.1. The molecular weight excluding hydrogens is 424 g/mol. The van der Waals surface area contributed by atoms with Crippen molar-refractivity contribution in [1.82, 2.24) is 9.80 Å². The highest BCUT2D eigenvalue weighted by atomic mass is 32.2. The molecule has 1 atom stereocenters. The van der Waals surface area contributed by atoms with Crippen LogP contribution >= 0.6 is 0 Å². The quantitative estimate of drug-likeness (QED) is 0.700. The number of nitrogens with zero attached hydrogens (tertiary/aromatic N) is 4. The monoisotopic (exact) mass is 452 g/mol.